The lowest BCUT2D eigenvalue weighted by atomic mass is 10.2. The number of ether oxygens (including phenoxy) is 2. The van der Waals surface area contributed by atoms with Crippen LogP contribution in [0.5, 0.6) is 11.5 Å². The second kappa shape index (κ2) is 6.08. The summed E-state index contributed by atoms with van der Waals surface area (Å²) in [4.78, 5) is 27.2. The summed E-state index contributed by atoms with van der Waals surface area (Å²) in [6, 6.07) is 5.67. The van der Waals surface area contributed by atoms with Gasteiger partial charge in [0.2, 0.25) is 0 Å². The van der Waals surface area contributed by atoms with Crippen LogP contribution in [-0.4, -0.2) is 34.8 Å². The van der Waals surface area contributed by atoms with E-state index < -0.39 is 11.5 Å². The Bertz CT molecular complexity index is 724. The van der Waals surface area contributed by atoms with Crippen molar-refractivity contribution in [1.82, 2.24) is 9.55 Å². The summed E-state index contributed by atoms with van der Waals surface area (Å²) in [5.41, 5.74) is -0.136. The monoisotopic (exact) mass is 290 g/mol. The summed E-state index contributed by atoms with van der Waals surface area (Å²) in [5, 5.41) is 9.16. The summed E-state index contributed by atoms with van der Waals surface area (Å²) in [5.74, 6) is -0.356. The molecule has 0 spiro atoms. The third-order valence-corrected chi connectivity index (χ3v) is 2.94. The zero-order valence-electron chi connectivity index (χ0n) is 11.6. The highest BCUT2D eigenvalue weighted by atomic mass is 16.5. The number of aromatic carboxylic acids is 1. The summed E-state index contributed by atoms with van der Waals surface area (Å²) in [6.45, 7) is -0.0261. The van der Waals surface area contributed by atoms with Gasteiger partial charge < -0.3 is 14.6 Å². The van der Waals surface area contributed by atoms with Gasteiger partial charge in [-0.15, -0.1) is 0 Å². The fraction of sp³-hybridized carbons (Fsp3) is 0.214. The van der Waals surface area contributed by atoms with Crippen LogP contribution in [0.15, 0.2) is 35.3 Å². The van der Waals surface area contributed by atoms with Gasteiger partial charge in [0.05, 0.1) is 20.8 Å². The molecule has 0 radical (unpaired) electrons. The number of carboxylic acids is 1. The molecule has 1 N–H and O–H groups in total. The van der Waals surface area contributed by atoms with Gasteiger partial charge in [0.15, 0.2) is 11.5 Å². The first-order valence-corrected chi connectivity index (χ1v) is 6.07. The average Bonchev–Trinajstić information content (AvgIpc) is 2.48. The number of hydrogen-bond donors (Lipinski definition) is 1. The molecule has 0 atom stereocenters. The van der Waals surface area contributed by atoms with Crippen LogP contribution in [0.25, 0.3) is 0 Å². The van der Waals surface area contributed by atoms with Gasteiger partial charge >= 0.3 is 5.97 Å². The SMILES string of the molecule is COc1ccnc(Cn2c(C(=O)O)cccc2=O)c1OC. The molecule has 0 saturated heterocycles. The van der Waals surface area contributed by atoms with Gasteiger partial charge in [0.1, 0.15) is 11.4 Å². The Balaban J connectivity index is 2.53. The highest BCUT2D eigenvalue weighted by molar-refractivity contribution is 5.85. The van der Waals surface area contributed by atoms with Crippen LogP contribution in [0.1, 0.15) is 16.2 Å². The van der Waals surface area contributed by atoms with Crippen molar-refractivity contribution in [2.45, 2.75) is 6.54 Å². The van der Waals surface area contributed by atoms with E-state index in [1.807, 2.05) is 0 Å². The van der Waals surface area contributed by atoms with Crippen LogP contribution in [0, 0.1) is 0 Å². The number of carbonyl (C=O) groups is 1. The van der Waals surface area contributed by atoms with Crippen LogP contribution < -0.4 is 15.0 Å². The maximum atomic E-state index is 11.9. The third kappa shape index (κ3) is 2.86. The highest BCUT2D eigenvalue weighted by Gasteiger charge is 2.16. The molecule has 0 amide bonds. The summed E-state index contributed by atoms with van der Waals surface area (Å²) < 4.78 is 11.5. The minimum Gasteiger partial charge on any atom is -0.493 e. The largest absolute Gasteiger partial charge is 0.493 e. The molecule has 0 bridgehead atoms. The Morgan fingerprint density at radius 3 is 2.67 bits per heavy atom. The smallest absolute Gasteiger partial charge is 0.352 e. The van der Waals surface area contributed by atoms with Gasteiger partial charge in [-0.05, 0) is 6.07 Å². The van der Waals surface area contributed by atoms with Crippen molar-refractivity contribution >= 4 is 5.97 Å². The lowest BCUT2D eigenvalue weighted by Crippen LogP contribution is -2.26. The number of nitrogens with zero attached hydrogens (tertiary/aromatic N) is 2. The third-order valence-electron chi connectivity index (χ3n) is 2.94. The van der Waals surface area contributed by atoms with Crippen molar-refractivity contribution in [2.75, 3.05) is 14.2 Å². The summed E-state index contributed by atoms with van der Waals surface area (Å²) >= 11 is 0. The first kappa shape index (κ1) is 14.6. The van der Waals surface area contributed by atoms with Crippen LogP contribution >= 0.6 is 0 Å². The fourth-order valence-corrected chi connectivity index (χ4v) is 1.98. The van der Waals surface area contributed by atoms with Gasteiger partial charge in [-0.25, -0.2) is 4.79 Å². The van der Waals surface area contributed by atoms with E-state index in [4.69, 9.17) is 14.6 Å². The Kier molecular flexibility index (Phi) is 4.22. The van der Waals surface area contributed by atoms with Gasteiger partial charge in [-0.1, -0.05) is 6.07 Å². The van der Waals surface area contributed by atoms with Crippen LogP contribution in [0.3, 0.4) is 0 Å². The van der Waals surface area contributed by atoms with E-state index in [1.54, 1.807) is 6.07 Å². The maximum Gasteiger partial charge on any atom is 0.352 e. The Hall–Kier alpha value is -2.83. The lowest BCUT2D eigenvalue weighted by Gasteiger charge is -2.14. The van der Waals surface area contributed by atoms with E-state index in [1.165, 1.54) is 38.6 Å². The molecule has 2 aromatic heterocycles. The molecule has 0 aromatic carbocycles. The summed E-state index contributed by atoms with van der Waals surface area (Å²) in [6.07, 6.45) is 1.51. The van der Waals surface area contributed by atoms with E-state index in [0.717, 1.165) is 4.57 Å². The van der Waals surface area contributed by atoms with Gasteiger partial charge in [-0.2, -0.15) is 0 Å². The first-order valence-electron chi connectivity index (χ1n) is 6.07. The minimum atomic E-state index is -1.19. The van der Waals surface area contributed by atoms with Gasteiger partial charge in [0.25, 0.3) is 5.56 Å². The molecule has 2 rings (SSSR count). The standard InChI is InChI=1S/C14H14N2O5/c1-20-11-6-7-15-9(13(11)21-2)8-16-10(14(18)19)4-3-5-12(16)17/h3-7H,8H2,1-2H3,(H,18,19). The van der Waals surface area contributed by atoms with E-state index in [9.17, 15) is 9.59 Å². The Morgan fingerprint density at radius 2 is 2.05 bits per heavy atom. The minimum absolute atomic E-state index is 0.0261. The molecule has 0 fully saturated rings. The molecule has 110 valence electrons. The molecule has 0 aliphatic rings. The van der Waals surface area contributed by atoms with E-state index >= 15 is 0 Å². The molecule has 2 heterocycles. The van der Waals surface area contributed by atoms with E-state index in [0.29, 0.717) is 17.2 Å². The van der Waals surface area contributed by atoms with Crippen molar-refractivity contribution < 1.29 is 19.4 Å². The van der Waals surface area contributed by atoms with Crippen LogP contribution in [0.4, 0.5) is 0 Å². The number of carboxylic acid groups (broad SMARTS) is 1. The molecule has 0 saturated carbocycles. The molecule has 0 aliphatic carbocycles. The average molecular weight is 290 g/mol. The summed E-state index contributed by atoms with van der Waals surface area (Å²) in [7, 11) is 2.94. The predicted molar refractivity (Wildman–Crippen MR) is 74.1 cm³/mol. The number of methoxy groups -OCH3 is 2. The zero-order chi connectivity index (χ0) is 15.4. The molecule has 21 heavy (non-hydrogen) atoms. The molecule has 0 aliphatic heterocycles. The zero-order valence-corrected chi connectivity index (χ0v) is 11.6. The number of hydrogen-bond acceptors (Lipinski definition) is 5. The van der Waals surface area contributed by atoms with Crippen LogP contribution in [-0.2, 0) is 6.54 Å². The normalized spacial score (nSPS) is 10.2. The van der Waals surface area contributed by atoms with Crippen LogP contribution in [0.2, 0.25) is 0 Å². The van der Waals surface area contributed by atoms with E-state index in [-0.39, 0.29) is 12.2 Å². The van der Waals surface area contributed by atoms with Crippen molar-refractivity contribution in [3.05, 3.63) is 52.2 Å². The maximum absolute atomic E-state index is 11.9. The first-order chi connectivity index (χ1) is 10.1. The molecular weight excluding hydrogens is 276 g/mol. The van der Waals surface area contributed by atoms with Gasteiger partial charge in [0, 0.05) is 18.3 Å². The van der Waals surface area contributed by atoms with Gasteiger partial charge in [-0.3, -0.25) is 14.3 Å². The second-order valence-corrected chi connectivity index (χ2v) is 4.13. The highest BCUT2D eigenvalue weighted by Crippen LogP contribution is 2.29. The second-order valence-electron chi connectivity index (χ2n) is 4.13. The van der Waals surface area contributed by atoms with Crippen molar-refractivity contribution in [3.63, 3.8) is 0 Å². The Morgan fingerprint density at radius 1 is 1.29 bits per heavy atom. The number of aromatic nitrogens is 2. The molecule has 0 unspecified atom stereocenters. The topological polar surface area (TPSA) is 90.7 Å². The molecular formula is C14H14N2O5. The van der Waals surface area contributed by atoms with Crippen molar-refractivity contribution in [1.29, 1.82) is 0 Å². The molecule has 7 nitrogen and oxygen atoms in total. The predicted octanol–water partition coefficient (Wildman–Crippen LogP) is 1.01. The number of rotatable bonds is 5. The molecule has 7 heteroatoms. The van der Waals surface area contributed by atoms with E-state index in [2.05, 4.69) is 4.98 Å². The van der Waals surface area contributed by atoms with Crippen molar-refractivity contribution in [2.24, 2.45) is 0 Å². The lowest BCUT2D eigenvalue weighted by molar-refractivity contribution is 0.0684. The molecule has 2 aromatic rings. The fourth-order valence-electron chi connectivity index (χ4n) is 1.98. The van der Waals surface area contributed by atoms with Crippen molar-refractivity contribution in [3.8, 4) is 11.5 Å². The number of pyridine rings is 2. The quantitative estimate of drug-likeness (QED) is 0.883. The Labute approximate surface area is 120 Å².